The molecule has 39 heavy (non-hydrogen) atoms. The van der Waals surface area contributed by atoms with Crippen LogP contribution >= 0.6 is 0 Å². The quantitative estimate of drug-likeness (QED) is 0.418. The van der Waals surface area contributed by atoms with Gasteiger partial charge in [-0.3, -0.25) is 14.5 Å². The molecule has 0 spiro atoms. The van der Waals surface area contributed by atoms with E-state index < -0.39 is 18.4 Å². The predicted octanol–water partition coefficient (Wildman–Crippen LogP) is 3.40. The number of amides is 1. The number of carbonyl (C=O) groups is 2. The van der Waals surface area contributed by atoms with Gasteiger partial charge in [0.15, 0.2) is 12.4 Å². The van der Waals surface area contributed by atoms with Crippen molar-refractivity contribution in [3.63, 3.8) is 0 Å². The fourth-order valence-corrected chi connectivity index (χ4v) is 5.24. The molecule has 2 saturated heterocycles. The van der Waals surface area contributed by atoms with Crippen LogP contribution in [0.5, 0.6) is 0 Å². The lowest BCUT2D eigenvalue weighted by molar-refractivity contribution is -0.253. The fraction of sp³-hybridized carbons (Fsp3) is 0.533. The molecule has 4 rings (SSSR count). The van der Waals surface area contributed by atoms with Gasteiger partial charge in [-0.1, -0.05) is 48.5 Å². The number of methoxy groups -OCH3 is 1. The summed E-state index contributed by atoms with van der Waals surface area (Å²) in [5.74, 6) is -0.839. The van der Waals surface area contributed by atoms with Crippen LogP contribution in [-0.4, -0.2) is 66.9 Å². The molecule has 2 N–H and O–H groups in total. The van der Waals surface area contributed by atoms with Gasteiger partial charge in [-0.25, -0.2) is 0 Å². The lowest BCUT2D eigenvalue weighted by Gasteiger charge is -2.38. The van der Waals surface area contributed by atoms with E-state index in [0.717, 1.165) is 61.2 Å². The molecule has 2 aromatic carbocycles. The normalized spacial score (nSPS) is 24.3. The van der Waals surface area contributed by atoms with Crippen LogP contribution in [-0.2, 0) is 41.7 Å². The Balaban J connectivity index is 1.44. The first-order valence-electron chi connectivity index (χ1n) is 13.6. The van der Waals surface area contributed by atoms with E-state index in [1.165, 1.54) is 6.92 Å². The number of hydrogen-bond donors (Lipinski definition) is 2. The molecule has 0 saturated carbocycles. The van der Waals surface area contributed by atoms with Gasteiger partial charge in [0.1, 0.15) is 0 Å². The number of hydrogen-bond acceptors (Lipinski definition) is 8. The molecule has 1 amide bonds. The molecule has 9 heteroatoms. The highest BCUT2D eigenvalue weighted by Crippen LogP contribution is 2.38. The predicted molar refractivity (Wildman–Crippen MR) is 144 cm³/mol. The molecule has 0 aromatic heterocycles. The van der Waals surface area contributed by atoms with Gasteiger partial charge >= 0.3 is 5.97 Å². The summed E-state index contributed by atoms with van der Waals surface area (Å²) < 4.78 is 23.3. The summed E-state index contributed by atoms with van der Waals surface area (Å²) in [5, 5.41) is 12.2. The average Bonchev–Trinajstić information content (AvgIpc) is 3.38. The van der Waals surface area contributed by atoms with Crippen molar-refractivity contribution in [1.29, 1.82) is 0 Å². The number of likely N-dealkylation sites (tertiary alicyclic amines) is 1. The van der Waals surface area contributed by atoms with E-state index in [4.69, 9.17) is 18.9 Å². The molecule has 0 unspecified atom stereocenters. The molecule has 5 atom stereocenters. The lowest BCUT2D eigenvalue weighted by atomic mass is 9.99. The zero-order valence-electron chi connectivity index (χ0n) is 23.0. The number of benzene rings is 2. The minimum absolute atomic E-state index is 0.00544. The second-order valence-corrected chi connectivity index (χ2v) is 10.3. The number of nitrogens with zero attached hydrogens (tertiary/aromatic N) is 1. The van der Waals surface area contributed by atoms with Gasteiger partial charge in [-0.05, 0) is 43.0 Å². The summed E-state index contributed by atoms with van der Waals surface area (Å²) in [6.07, 6.45) is 1.47. The van der Waals surface area contributed by atoms with Gasteiger partial charge in [-0.2, -0.15) is 0 Å². The molecule has 2 fully saturated rings. The van der Waals surface area contributed by atoms with Crippen LogP contribution in [0.15, 0.2) is 48.5 Å². The van der Waals surface area contributed by atoms with E-state index in [0.29, 0.717) is 12.6 Å². The summed E-state index contributed by atoms with van der Waals surface area (Å²) in [6.45, 7) is 5.70. The van der Waals surface area contributed by atoms with Crippen molar-refractivity contribution in [2.24, 2.45) is 0 Å². The summed E-state index contributed by atoms with van der Waals surface area (Å²) in [6, 6.07) is 16.1. The van der Waals surface area contributed by atoms with E-state index in [-0.39, 0.29) is 24.7 Å². The monoisotopic (exact) mass is 540 g/mol. The summed E-state index contributed by atoms with van der Waals surface area (Å²) in [5.41, 5.74) is 3.73. The smallest absolute Gasteiger partial charge is 0.303 e. The van der Waals surface area contributed by atoms with Crippen LogP contribution in [0.4, 0.5) is 0 Å². The maximum Gasteiger partial charge on any atom is 0.303 e. The molecule has 2 heterocycles. The first-order chi connectivity index (χ1) is 18.9. The first-order valence-corrected chi connectivity index (χ1v) is 13.6. The van der Waals surface area contributed by atoms with Crippen molar-refractivity contribution in [3.8, 4) is 0 Å². The van der Waals surface area contributed by atoms with Crippen LogP contribution in [0.1, 0.15) is 67.8 Å². The third-order valence-electron chi connectivity index (χ3n) is 7.34. The molecule has 2 aliphatic rings. The van der Waals surface area contributed by atoms with Crippen molar-refractivity contribution in [3.05, 3.63) is 70.8 Å². The van der Waals surface area contributed by atoms with Gasteiger partial charge in [0.2, 0.25) is 0 Å². The Kier molecular flexibility index (Phi) is 10.5. The molecule has 212 valence electrons. The summed E-state index contributed by atoms with van der Waals surface area (Å²) >= 11 is 0. The third kappa shape index (κ3) is 8.09. The second-order valence-electron chi connectivity index (χ2n) is 10.3. The highest BCUT2D eigenvalue weighted by Gasteiger charge is 2.35. The molecule has 9 nitrogen and oxygen atoms in total. The van der Waals surface area contributed by atoms with Crippen molar-refractivity contribution in [2.75, 3.05) is 26.8 Å². The second kappa shape index (κ2) is 14.0. The number of rotatable bonds is 11. The molecular formula is C30H40N2O7. The third-order valence-corrected chi connectivity index (χ3v) is 7.34. The van der Waals surface area contributed by atoms with E-state index in [2.05, 4.69) is 10.2 Å². The number of aliphatic hydroxyl groups excluding tert-OH is 1. The van der Waals surface area contributed by atoms with Crippen LogP contribution in [0.2, 0.25) is 0 Å². The van der Waals surface area contributed by atoms with Gasteiger partial charge in [-0.15, -0.1) is 0 Å². The van der Waals surface area contributed by atoms with Crippen LogP contribution < -0.4 is 5.32 Å². The largest absolute Gasteiger partial charge is 0.453 e. The highest BCUT2D eigenvalue weighted by atomic mass is 16.7. The SMILES string of the molecule is COC[C@@H]1CCCN1C[C@H]1C[C@@H](c2ccc(CO)cc2)O[C@@H](c2ccc(CNC(=O)[C@H](C)OC(C)=O)cc2)O1. The molecular weight excluding hydrogens is 500 g/mol. The van der Waals surface area contributed by atoms with Crippen molar-refractivity contribution in [2.45, 2.75) is 76.9 Å². The van der Waals surface area contributed by atoms with E-state index in [1.54, 1.807) is 14.0 Å². The molecule has 0 aliphatic carbocycles. The summed E-state index contributed by atoms with van der Waals surface area (Å²) in [4.78, 5) is 25.7. The fourth-order valence-electron chi connectivity index (χ4n) is 5.24. The Morgan fingerprint density at radius 1 is 1.08 bits per heavy atom. The van der Waals surface area contributed by atoms with Crippen molar-refractivity contribution in [1.82, 2.24) is 10.2 Å². The van der Waals surface area contributed by atoms with Crippen LogP contribution in [0.3, 0.4) is 0 Å². The maximum absolute atomic E-state index is 12.2. The maximum atomic E-state index is 12.2. The molecule has 0 bridgehead atoms. The lowest BCUT2D eigenvalue weighted by Crippen LogP contribution is -2.42. The van der Waals surface area contributed by atoms with Crippen molar-refractivity contribution >= 4 is 11.9 Å². The molecule has 2 aliphatic heterocycles. The zero-order chi connectivity index (χ0) is 27.8. The Morgan fingerprint density at radius 3 is 2.44 bits per heavy atom. The van der Waals surface area contributed by atoms with E-state index in [1.807, 2.05) is 48.5 Å². The minimum atomic E-state index is -0.842. The van der Waals surface area contributed by atoms with Gasteiger partial charge in [0.25, 0.3) is 5.91 Å². The van der Waals surface area contributed by atoms with E-state index in [9.17, 15) is 14.7 Å². The minimum Gasteiger partial charge on any atom is -0.453 e. The van der Waals surface area contributed by atoms with Crippen LogP contribution in [0.25, 0.3) is 0 Å². The standard InChI is InChI=1S/C30H40N2O7/c1-20(37-21(2)34)29(35)31-16-22-6-12-25(13-7-22)30-38-27(17-32-14-4-5-26(32)19-36-3)15-28(39-30)24-10-8-23(18-33)9-11-24/h6-13,20,26-28,30,33H,4-5,14-19H2,1-3H3,(H,31,35)/t20-,26-,27+,28-,30-/m0/s1. The Morgan fingerprint density at radius 2 is 1.77 bits per heavy atom. The van der Waals surface area contributed by atoms with E-state index >= 15 is 0 Å². The van der Waals surface area contributed by atoms with Gasteiger partial charge in [0, 0.05) is 45.1 Å². The first kappa shape index (κ1) is 29.2. The Labute approximate surface area is 230 Å². The van der Waals surface area contributed by atoms with Gasteiger partial charge < -0.3 is 29.4 Å². The Hall–Kier alpha value is -2.82. The zero-order valence-corrected chi connectivity index (χ0v) is 23.0. The number of aliphatic hydroxyl groups is 1. The highest BCUT2D eigenvalue weighted by molar-refractivity contribution is 5.82. The number of nitrogens with one attached hydrogen (secondary N) is 1. The van der Waals surface area contributed by atoms with Gasteiger partial charge in [0.05, 0.1) is 25.4 Å². The number of ether oxygens (including phenoxy) is 4. The average molecular weight is 541 g/mol. The topological polar surface area (TPSA) is 107 Å². The summed E-state index contributed by atoms with van der Waals surface area (Å²) in [7, 11) is 1.75. The van der Waals surface area contributed by atoms with Crippen molar-refractivity contribution < 1.29 is 33.6 Å². The molecule has 2 aromatic rings. The molecule has 0 radical (unpaired) electrons. The Bertz CT molecular complexity index is 1080. The van der Waals surface area contributed by atoms with Crippen LogP contribution in [0, 0.1) is 0 Å². The number of carbonyl (C=O) groups excluding carboxylic acids is 2. The number of esters is 1.